The van der Waals surface area contributed by atoms with Crippen LogP contribution in [-0.4, -0.2) is 4.98 Å². The van der Waals surface area contributed by atoms with Gasteiger partial charge in [0.05, 0.1) is 6.20 Å². The van der Waals surface area contributed by atoms with Gasteiger partial charge in [-0.05, 0) is 5.92 Å². The van der Waals surface area contributed by atoms with Gasteiger partial charge in [-0.2, -0.15) is 0 Å². The van der Waals surface area contributed by atoms with Crippen LogP contribution in [0.1, 0.15) is 32.4 Å². The number of rotatable bonds is 2. The fourth-order valence-electron chi connectivity index (χ4n) is 0.779. The number of nitrogens with zero attached hydrogens (tertiary/aromatic N) is 1. The summed E-state index contributed by atoms with van der Waals surface area (Å²) in [5.74, 6) is 2.07. The van der Waals surface area contributed by atoms with Crippen LogP contribution in [0.15, 0.2) is 17.0 Å². The van der Waals surface area contributed by atoms with Gasteiger partial charge in [0.15, 0.2) is 6.39 Å². The molecule has 0 aliphatic heterocycles. The molecule has 0 aliphatic rings. The molecule has 1 rings (SSSR count). The minimum absolute atomic E-state index is 0.475. The molecule has 1 atom stereocenters. The van der Waals surface area contributed by atoms with Crippen LogP contribution < -0.4 is 0 Å². The highest BCUT2D eigenvalue weighted by atomic mass is 16.3. The third kappa shape index (κ3) is 1.38. The summed E-state index contributed by atoms with van der Waals surface area (Å²) in [5.41, 5.74) is 0. The Balaban J connectivity index is 2.68. The largest absolute Gasteiger partial charge is 0.448 e. The summed E-state index contributed by atoms with van der Waals surface area (Å²) in [6.45, 7) is 6.49. The van der Waals surface area contributed by atoms with Crippen molar-refractivity contribution in [2.75, 3.05) is 0 Å². The van der Waals surface area contributed by atoms with Crippen molar-refractivity contribution in [2.45, 2.75) is 26.7 Å². The van der Waals surface area contributed by atoms with Gasteiger partial charge >= 0.3 is 0 Å². The first-order valence-corrected chi connectivity index (χ1v) is 3.60. The Morgan fingerprint density at radius 1 is 1.40 bits per heavy atom. The van der Waals surface area contributed by atoms with E-state index < -0.39 is 0 Å². The third-order valence-electron chi connectivity index (χ3n) is 1.90. The van der Waals surface area contributed by atoms with Crippen LogP contribution in [0.25, 0.3) is 0 Å². The molecule has 1 heterocycles. The van der Waals surface area contributed by atoms with E-state index in [1.807, 2.05) is 0 Å². The van der Waals surface area contributed by atoms with Gasteiger partial charge in [0.1, 0.15) is 5.76 Å². The number of hydrogen-bond acceptors (Lipinski definition) is 2. The zero-order chi connectivity index (χ0) is 7.56. The predicted molar refractivity (Wildman–Crippen MR) is 39.8 cm³/mol. The Kier molecular flexibility index (Phi) is 2.10. The number of aromatic nitrogens is 1. The Morgan fingerprint density at radius 3 is 2.50 bits per heavy atom. The molecule has 0 unspecified atom stereocenters. The monoisotopic (exact) mass is 139 g/mol. The maximum absolute atomic E-state index is 5.15. The van der Waals surface area contributed by atoms with Gasteiger partial charge in [-0.1, -0.05) is 20.8 Å². The van der Waals surface area contributed by atoms with Crippen molar-refractivity contribution < 1.29 is 4.42 Å². The van der Waals surface area contributed by atoms with E-state index in [0.29, 0.717) is 11.8 Å². The van der Waals surface area contributed by atoms with Crippen LogP contribution in [-0.2, 0) is 0 Å². The van der Waals surface area contributed by atoms with Gasteiger partial charge < -0.3 is 4.42 Å². The summed E-state index contributed by atoms with van der Waals surface area (Å²) in [5, 5.41) is 0. The molecule has 0 bridgehead atoms. The Bertz CT molecular complexity index is 179. The van der Waals surface area contributed by atoms with Gasteiger partial charge in [0.2, 0.25) is 0 Å². The summed E-state index contributed by atoms with van der Waals surface area (Å²) >= 11 is 0. The van der Waals surface area contributed by atoms with E-state index in [9.17, 15) is 0 Å². The highest BCUT2D eigenvalue weighted by Crippen LogP contribution is 2.22. The summed E-state index contributed by atoms with van der Waals surface area (Å²) in [7, 11) is 0. The van der Waals surface area contributed by atoms with Crippen molar-refractivity contribution in [1.82, 2.24) is 4.98 Å². The first-order valence-electron chi connectivity index (χ1n) is 3.60. The molecule has 0 aromatic carbocycles. The maximum Gasteiger partial charge on any atom is 0.180 e. The Morgan fingerprint density at radius 2 is 2.10 bits per heavy atom. The lowest BCUT2D eigenvalue weighted by Crippen LogP contribution is -1.99. The standard InChI is InChI=1S/C8H13NO/c1-6(2)7(3)8-4-9-5-10-8/h4-7H,1-3H3/t7-/m1/s1. The van der Waals surface area contributed by atoms with E-state index in [0.717, 1.165) is 5.76 Å². The van der Waals surface area contributed by atoms with Crippen LogP contribution in [0.3, 0.4) is 0 Å². The average molecular weight is 139 g/mol. The van der Waals surface area contributed by atoms with E-state index in [1.54, 1.807) is 6.20 Å². The summed E-state index contributed by atoms with van der Waals surface area (Å²) in [6.07, 6.45) is 3.26. The van der Waals surface area contributed by atoms with E-state index in [-0.39, 0.29) is 0 Å². The quantitative estimate of drug-likeness (QED) is 0.629. The van der Waals surface area contributed by atoms with Gasteiger partial charge in [-0.25, -0.2) is 4.98 Å². The van der Waals surface area contributed by atoms with Crippen molar-refractivity contribution in [2.24, 2.45) is 5.92 Å². The second-order valence-corrected chi connectivity index (χ2v) is 2.94. The molecule has 10 heavy (non-hydrogen) atoms. The molecule has 1 aromatic heterocycles. The molecule has 0 N–H and O–H groups in total. The van der Waals surface area contributed by atoms with Crippen molar-refractivity contribution in [3.05, 3.63) is 18.4 Å². The predicted octanol–water partition coefficient (Wildman–Crippen LogP) is 2.43. The van der Waals surface area contributed by atoms with E-state index in [1.165, 1.54) is 6.39 Å². The van der Waals surface area contributed by atoms with Crippen molar-refractivity contribution in [3.63, 3.8) is 0 Å². The molecule has 2 heteroatoms. The molecule has 0 radical (unpaired) electrons. The lowest BCUT2D eigenvalue weighted by molar-refractivity contribution is 0.413. The van der Waals surface area contributed by atoms with Gasteiger partial charge in [0.25, 0.3) is 0 Å². The van der Waals surface area contributed by atoms with Gasteiger partial charge in [-0.3, -0.25) is 0 Å². The zero-order valence-electron chi connectivity index (χ0n) is 6.66. The van der Waals surface area contributed by atoms with E-state index >= 15 is 0 Å². The fourth-order valence-corrected chi connectivity index (χ4v) is 0.779. The lowest BCUT2D eigenvalue weighted by atomic mass is 9.96. The summed E-state index contributed by atoms with van der Waals surface area (Å²) in [4.78, 5) is 3.86. The normalized spacial score (nSPS) is 14.0. The highest BCUT2D eigenvalue weighted by Gasteiger charge is 2.11. The molecule has 0 saturated heterocycles. The summed E-state index contributed by atoms with van der Waals surface area (Å²) < 4.78 is 5.15. The van der Waals surface area contributed by atoms with Crippen LogP contribution >= 0.6 is 0 Å². The molecular weight excluding hydrogens is 126 g/mol. The molecule has 0 saturated carbocycles. The van der Waals surface area contributed by atoms with Crippen molar-refractivity contribution in [3.8, 4) is 0 Å². The fraction of sp³-hybridized carbons (Fsp3) is 0.625. The topological polar surface area (TPSA) is 26.0 Å². The average Bonchev–Trinajstić information content (AvgIpc) is 2.36. The Labute approximate surface area is 61.3 Å². The number of hydrogen-bond donors (Lipinski definition) is 0. The summed E-state index contributed by atoms with van der Waals surface area (Å²) in [6, 6.07) is 0. The SMILES string of the molecule is CC(C)[C@@H](C)c1cnco1. The first kappa shape index (κ1) is 7.32. The lowest BCUT2D eigenvalue weighted by Gasteiger charge is -2.10. The first-order chi connectivity index (χ1) is 4.72. The zero-order valence-corrected chi connectivity index (χ0v) is 6.66. The molecular formula is C8H13NO. The molecule has 0 aliphatic carbocycles. The molecule has 56 valence electrons. The number of oxazole rings is 1. The molecule has 1 aromatic rings. The van der Waals surface area contributed by atoms with Crippen LogP contribution in [0, 0.1) is 5.92 Å². The van der Waals surface area contributed by atoms with Gasteiger partial charge in [-0.15, -0.1) is 0 Å². The minimum atomic E-state index is 0.475. The molecule has 0 spiro atoms. The van der Waals surface area contributed by atoms with Gasteiger partial charge in [0, 0.05) is 5.92 Å². The Hall–Kier alpha value is -0.790. The van der Waals surface area contributed by atoms with Crippen molar-refractivity contribution in [1.29, 1.82) is 0 Å². The second-order valence-electron chi connectivity index (χ2n) is 2.94. The van der Waals surface area contributed by atoms with E-state index in [2.05, 4.69) is 25.8 Å². The maximum atomic E-state index is 5.15. The molecule has 2 nitrogen and oxygen atoms in total. The van der Waals surface area contributed by atoms with Crippen LogP contribution in [0.5, 0.6) is 0 Å². The highest BCUT2D eigenvalue weighted by molar-refractivity contribution is 4.97. The van der Waals surface area contributed by atoms with Crippen LogP contribution in [0.2, 0.25) is 0 Å². The molecule has 0 amide bonds. The third-order valence-corrected chi connectivity index (χ3v) is 1.90. The van der Waals surface area contributed by atoms with Crippen molar-refractivity contribution >= 4 is 0 Å². The van der Waals surface area contributed by atoms with E-state index in [4.69, 9.17) is 4.42 Å². The minimum Gasteiger partial charge on any atom is -0.448 e. The molecule has 0 fully saturated rings. The smallest absolute Gasteiger partial charge is 0.180 e. The van der Waals surface area contributed by atoms with Crippen LogP contribution in [0.4, 0.5) is 0 Å². The second kappa shape index (κ2) is 2.86.